The summed E-state index contributed by atoms with van der Waals surface area (Å²) in [6, 6.07) is 14.5. The summed E-state index contributed by atoms with van der Waals surface area (Å²) in [5.74, 6) is 0. The van der Waals surface area contributed by atoms with Crippen LogP contribution in [0.25, 0.3) is 0 Å². The van der Waals surface area contributed by atoms with Crippen LogP contribution in [0.15, 0.2) is 46.9 Å². The molecular weight excluding hydrogens is 300 g/mol. The third-order valence-electron chi connectivity index (χ3n) is 3.27. The smallest absolute Gasteiger partial charge is 0.0597 e. The van der Waals surface area contributed by atoms with Crippen molar-refractivity contribution in [1.29, 1.82) is 0 Å². The van der Waals surface area contributed by atoms with Crippen molar-refractivity contribution in [2.45, 2.75) is 13.3 Å². The van der Waals surface area contributed by atoms with Gasteiger partial charge in [0.15, 0.2) is 0 Å². The molecule has 0 radical (unpaired) electrons. The van der Waals surface area contributed by atoms with Gasteiger partial charge in [0.05, 0.1) is 11.4 Å². The van der Waals surface area contributed by atoms with Crippen LogP contribution in [0.4, 0.5) is 11.4 Å². The van der Waals surface area contributed by atoms with Crippen LogP contribution in [0.1, 0.15) is 11.1 Å². The van der Waals surface area contributed by atoms with Crippen molar-refractivity contribution >= 4 is 27.3 Å². The van der Waals surface area contributed by atoms with E-state index >= 15 is 0 Å². The second-order valence-electron chi connectivity index (χ2n) is 4.83. The maximum atomic E-state index is 6.07. The van der Waals surface area contributed by atoms with E-state index in [1.165, 1.54) is 15.6 Å². The van der Waals surface area contributed by atoms with E-state index in [-0.39, 0.29) is 0 Å². The maximum Gasteiger partial charge on any atom is 0.0597 e. The molecule has 3 heteroatoms. The highest BCUT2D eigenvalue weighted by Crippen LogP contribution is 2.24. The summed E-state index contributed by atoms with van der Waals surface area (Å²) in [5.41, 5.74) is 10.5. The Bertz CT molecular complexity index is 566. The van der Waals surface area contributed by atoms with Crippen molar-refractivity contribution in [3.05, 3.63) is 58.1 Å². The van der Waals surface area contributed by atoms with Gasteiger partial charge in [0.1, 0.15) is 0 Å². The summed E-state index contributed by atoms with van der Waals surface area (Å²) in [5, 5.41) is 0. The molecule has 0 aromatic heterocycles. The highest BCUT2D eigenvalue weighted by Gasteiger charge is 2.06. The third-order valence-corrected chi connectivity index (χ3v) is 4.04. The Balaban J connectivity index is 2.05. The van der Waals surface area contributed by atoms with Gasteiger partial charge < -0.3 is 10.6 Å². The van der Waals surface area contributed by atoms with Crippen LogP contribution in [-0.4, -0.2) is 13.6 Å². The first kappa shape index (κ1) is 13.9. The van der Waals surface area contributed by atoms with E-state index in [4.69, 9.17) is 5.73 Å². The third kappa shape index (κ3) is 3.51. The fourth-order valence-corrected chi connectivity index (χ4v) is 2.61. The standard InChI is InChI=1S/C16H19BrN2/c1-12-7-8-16(15(18)11-12)19(2)10-9-13-5-3-4-6-14(13)17/h3-8,11H,9-10,18H2,1-2H3. The zero-order valence-corrected chi connectivity index (χ0v) is 12.9. The molecule has 0 bridgehead atoms. The number of nitrogen functional groups attached to an aromatic ring is 1. The molecule has 2 rings (SSSR count). The summed E-state index contributed by atoms with van der Waals surface area (Å²) in [4.78, 5) is 2.20. The Morgan fingerprint density at radius 3 is 2.58 bits per heavy atom. The van der Waals surface area contributed by atoms with Gasteiger partial charge in [-0.05, 0) is 42.7 Å². The van der Waals surface area contributed by atoms with E-state index < -0.39 is 0 Å². The van der Waals surface area contributed by atoms with Crippen LogP contribution in [0.5, 0.6) is 0 Å². The predicted octanol–water partition coefficient (Wildman–Crippen LogP) is 4.02. The number of hydrogen-bond acceptors (Lipinski definition) is 2. The minimum Gasteiger partial charge on any atom is -0.397 e. The molecule has 2 aromatic rings. The van der Waals surface area contributed by atoms with Crippen LogP contribution in [0.2, 0.25) is 0 Å². The molecule has 0 aliphatic carbocycles. The predicted molar refractivity (Wildman–Crippen MR) is 86.7 cm³/mol. The Labute approximate surface area is 123 Å². The van der Waals surface area contributed by atoms with Gasteiger partial charge in [-0.3, -0.25) is 0 Å². The highest BCUT2D eigenvalue weighted by atomic mass is 79.9. The number of anilines is 2. The lowest BCUT2D eigenvalue weighted by atomic mass is 10.1. The van der Waals surface area contributed by atoms with E-state index in [0.29, 0.717) is 0 Å². The monoisotopic (exact) mass is 318 g/mol. The number of likely N-dealkylation sites (N-methyl/N-ethyl adjacent to an activating group) is 1. The number of nitrogens with zero attached hydrogens (tertiary/aromatic N) is 1. The topological polar surface area (TPSA) is 29.3 Å². The first-order chi connectivity index (χ1) is 9.08. The molecule has 2 N–H and O–H groups in total. The average Bonchev–Trinajstić information content (AvgIpc) is 2.37. The normalized spacial score (nSPS) is 10.5. The van der Waals surface area contributed by atoms with Crippen molar-refractivity contribution in [3.63, 3.8) is 0 Å². The fourth-order valence-electron chi connectivity index (χ4n) is 2.13. The van der Waals surface area contributed by atoms with Crippen molar-refractivity contribution < 1.29 is 0 Å². The lowest BCUT2D eigenvalue weighted by Crippen LogP contribution is -2.21. The van der Waals surface area contributed by atoms with Crippen LogP contribution in [0, 0.1) is 6.92 Å². The van der Waals surface area contributed by atoms with Gasteiger partial charge in [0.2, 0.25) is 0 Å². The molecule has 0 aliphatic rings. The first-order valence-electron chi connectivity index (χ1n) is 6.38. The van der Waals surface area contributed by atoms with E-state index in [9.17, 15) is 0 Å². The summed E-state index contributed by atoms with van der Waals surface area (Å²) in [6.07, 6.45) is 0.991. The van der Waals surface area contributed by atoms with Crippen LogP contribution >= 0.6 is 15.9 Å². The largest absolute Gasteiger partial charge is 0.397 e. The molecule has 100 valence electrons. The van der Waals surface area contributed by atoms with Crippen molar-refractivity contribution in [2.24, 2.45) is 0 Å². The zero-order valence-electron chi connectivity index (χ0n) is 11.4. The molecular formula is C16H19BrN2. The van der Waals surface area contributed by atoms with E-state index in [1.54, 1.807) is 0 Å². The van der Waals surface area contributed by atoms with E-state index in [2.05, 4.69) is 65.1 Å². The maximum absolute atomic E-state index is 6.07. The number of hydrogen-bond donors (Lipinski definition) is 1. The summed E-state index contributed by atoms with van der Waals surface area (Å²) >= 11 is 3.58. The zero-order chi connectivity index (χ0) is 13.8. The molecule has 2 aromatic carbocycles. The van der Waals surface area contributed by atoms with Gasteiger partial charge in [-0.15, -0.1) is 0 Å². The minimum atomic E-state index is 0.842. The van der Waals surface area contributed by atoms with Crippen molar-refractivity contribution in [2.75, 3.05) is 24.2 Å². The number of halogens is 1. The minimum absolute atomic E-state index is 0.842. The molecule has 0 amide bonds. The lowest BCUT2D eigenvalue weighted by Gasteiger charge is -2.21. The van der Waals surface area contributed by atoms with Gasteiger partial charge in [0, 0.05) is 18.1 Å². The molecule has 0 aliphatic heterocycles. The van der Waals surface area contributed by atoms with E-state index in [1.807, 2.05) is 12.1 Å². The average molecular weight is 319 g/mol. The molecule has 0 fully saturated rings. The fraction of sp³-hybridized carbons (Fsp3) is 0.250. The molecule has 0 unspecified atom stereocenters. The lowest BCUT2D eigenvalue weighted by molar-refractivity contribution is 0.875. The molecule has 0 spiro atoms. The van der Waals surface area contributed by atoms with Crippen LogP contribution in [-0.2, 0) is 6.42 Å². The van der Waals surface area contributed by atoms with Crippen molar-refractivity contribution in [3.8, 4) is 0 Å². The molecule has 0 atom stereocenters. The SMILES string of the molecule is Cc1ccc(N(C)CCc2ccccc2Br)c(N)c1. The Morgan fingerprint density at radius 1 is 1.16 bits per heavy atom. The van der Waals surface area contributed by atoms with Crippen molar-refractivity contribution in [1.82, 2.24) is 0 Å². The number of benzene rings is 2. The Hall–Kier alpha value is -1.48. The number of rotatable bonds is 4. The van der Waals surface area contributed by atoms with E-state index in [0.717, 1.165) is 24.3 Å². The summed E-state index contributed by atoms with van der Waals surface area (Å²) in [6.45, 7) is 3.00. The van der Waals surface area contributed by atoms with Gasteiger partial charge in [-0.1, -0.05) is 40.2 Å². The molecule has 0 saturated heterocycles. The van der Waals surface area contributed by atoms with Gasteiger partial charge >= 0.3 is 0 Å². The van der Waals surface area contributed by atoms with Crippen LogP contribution < -0.4 is 10.6 Å². The molecule has 2 nitrogen and oxygen atoms in total. The Morgan fingerprint density at radius 2 is 1.89 bits per heavy atom. The molecule has 0 saturated carbocycles. The molecule has 19 heavy (non-hydrogen) atoms. The van der Waals surface area contributed by atoms with Gasteiger partial charge in [-0.2, -0.15) is 0 Å². The summed E-state index contributed by atoms with van der Waals surface area (Å²) in [7, 11) is 2.08. The highest BCUT2D eigenvalue weighted by molar-refractivity contribution is 9.10. The first-order valence-corrected chi connectivity index (χ1v) is 7.18. The quantitative estimate of drug-likeness (QED) is 0.863. The molecule has 0 heterocycles. The van der Waals surface area contributed by atoms with Crippen LogP contribution in [0.3, 0.4) is 0 Å². The second kappa shape index (κ2) is 6.11. The summed E-state index contributed by atoms with van der Waals surface area (Å²) < 4.78 is 1.17. The Kier molecular flexibility index (Phi) is 4.48. The number of aryl methyl sites for hydroxylation is 1. The second-order valence-corrected chi connectivity index (χ2v) is 5.68. The van der Waals surface area contributed by atoms with Gasteiger partial charge in [0.25, 0.3) is 0 Å². The number of nitrogens with two attached hydrogens (primary N) is 1. The van der Waals surface area contributed by atoms with Gasteiger partial charge in [-0.25, -0.2) is 0 Å².